The van der Waals surface area contributed by atoms with Crippen molar-refractivity contribution in [1.82, 2.24) is 0 Å². The van der Waals surface area contributed by atoms with Gasteiger partial charge in [-0.1, -0.05) is 19.4 Å². The van der Waals surface area contributed by atoms with Crippen molar-refractivity contribution in [2.45, 2.75) is 70.9 Å². The molecule has 0 aromatic heterocycles. The Bertz CT molecular complexity index is 562. The number of halogens is 4. The van der Waals surface area contributed by atoms with Crippen molar-refractivity contribution < 1.29 is 17.6 Å². The summed E-state index contributed by atoms with van der Waals surface area (Å²) in [6.45, 7) is 2.26. The lowest BCUT2D eigenvalue weighted by atomic mass is 9.68. The molecule has 1 aromatic carbocycles. The Morgan fingerprint density at radius 1 is 0.960 bits per heavy atom. The summed E-state index contributed by atoms with van der Waals surface area (Å²) >= 11 is 0. The summed E-state index contributed by atoms with van der Waals surface area (Å²) < 4.78 is 51.9. The highest BCUT2D eigenvalue weighted by atomic mass is 19.4. The molecule has 0 aliphatic heterocycles. The molecule has 0 nitrogen and oxygen atoms in total. The van der Waals surface area contributed by atoms with E-state index in [9.17, 15) is 17.6 Å². The lowest BCUT2D eigenvalue weighted by Crippen LogP contribution is -2.24. The molecule has 2 fully saturated rings. The van der Waals surface area contributed by atoms with E-state index in [1.807, 2.05) is 0 Å². The maximum atomic E-state index is 13.8. The third kappa shape index (κ3) is 4.38. The van der Waals surface area contributed by atoms with Crippen molar-refractivity contribution in [3.05, 3.63) is 47.0 Å². The summed E-state index contributed by atoms with van der Waals surface area (Å²) in [7, 11) is 0. The number of hydrogen-bond acceptors (Lipinski definition) is 0. The molecular formula is C21H26F4. The van der Waals surface area contributed by atoms with Gasteiger partial charge < -0.3 is 0 Å². The number of alkyl halides is 3. The summed E-state index contributed by atoms with van der Waals surface area (Å²) in [5.41, 5.74) is -0.530. The Labute approximate surface area is 148 Å². The second kappa shape index (κ2) is 7.67. The molecule has 2 aliphatic rings. The van der Waals surface area contributed by atoms with Crippen LogP contribution in [0.4, 0.5) is 17.6 Å². The topological polar surface area (TPSA) is 0 Å². The zero-order valence-electron chi connectivity index (χ0n) is 14.8. The highest BCUT2D eigenvalue weighted by Crippen LogP contribution is 2.45. The summed E-state index contributed by atoms with van der Waals surface area (Å²) in [4.78, 5) is 0. The van der Waals surface area contributed by atoms with Crippen molar-refractivity contribution in [3.8, 4) is 0 Å². The predicted molar refractivity (Wildman–Crippen MR) is 91.2 cm³/mol. The highest BCUT2D eigenvalue weighted by molar-refractivity contribution is 5.36. The Morgan fingerprint density at radius 2 is 1.60 bits per heavy atom. The smallest absolute Gasteiger partial charge is 0.206 e. The van der Waals surface area contributed by atoms with Crippen LogP contribution in [0.25, 0.3) is 0 Å². The van der Waals surface area contributed by atoms with E-state index in [-0.39, 0.29) is 0 Å². The second-order valence-electron chi connectivity index (χ2n) is 7.58. The normalized spacial score (nSPS) is 22.4. The molecular weight excluding hydrogens is 328 g/mol. The minimum atomic E-state index is -4.63. The van der Waals surface area contributed by atoms with Gasteiger partial charge in [0.15, 0.2) is 0 Å². The maximum absolute atomic E-state index is 13.8. The Morgan fingerprint density at radius 3 is 2.12 bits per heavy atom. The van der Waals surface area contributed by atoms with Crippen molar-refractivity contribution in [3.63, 3.8) is 0 Å². The van der Waals surface area contributed by atoms with Gasteiger partial charge in [0.1, 0.15) is 5.82 Å². The first kappa shape index (κ1) is 18.7. The average Bonchev–Trinajstić information content (AvgIpc) is 2.61. The zero-order chi connectivity index (χ0) is 18.0. The fraction of sp³-hybridized carbons (Fsp3) is 0.619. The van der Waals surface area contributed by atoms with Gasteiger partial charge in [-0.15, -0.1) is 0 Å². The van der Waals surface area contributed by atoms with Gasteiger partial charge in [0, 0.05) is 5.92 Å². The van der Waals surface area contributed by atoms with Crippen LogP contribution >= 0.6 is 0 Å². The van der Waals surface area contributed by atoms with Crippen LogP contribution in [0.2, 0.25) is 0 Å². The van der Waals surface area contributed by atoms with E-state index in [0.717, 1.165) is 49.7 Å². The van der Waals surface area contributed by atoms with Crippen molar-refractivity contribution in [1.29, 1.82) is 0 Å². The lowest BCUT2D eigenvalue weighted by Gasteiger charge is -2.37. The first-order valence-electron chi connectivity index (χ1n) is 9.45. The Kier molecular flexibility index (Phi) is 5.75. The van der Waals surface area contributed by atoms with E-state index in [4.69, 9.17) is 0 Å². The van der Waals surface area contributed by atoms with Gasteiger partial charge >= 0.3 is 6.18 Å². The number of hydrogen-bond donors (Lipinski definition) is 0. The average molecular weight is 354 g/mol. The minimum absolute atomic E-state index is 0.642. The fourth-order valence-electron chi connectivity index (χ4n) is 4.49. The van der Waals surface area contributed by atoms with Crippen LogP contribution in [0.5, 0.6) is 0 Å². The molecule has 0 bridgehead atoms. The van der Waals surface area contributed by atoms with Crippen molar-refractivity contribution in [2.24, 2.45) is 11.8 Å². The van der Waals surface area contributed by atoms with E-state index in [1.165, 1.54) is 38.2 Å². The summed E-state index contributed by atoms with van der Waals surface area (Å²) in [6, 6.07) is 3.38. The molecule has 0 amide bonds. The van der Waals surface area contributed by atoms with Gasteiger partial charge in [-0.05, 0) is 86.8 Å². The standard InChI is InChI=1S/C21H26F4/c1-2-14-3-5-15(6-4-14)16-7-9-17(10-8-16)18-11-12-19(20(22)13-18)21(23,24)25/h11-14,16H,2-10H2,1H3. The zero-order valence-corrected chi connectivity index (χ0v) is 14.8. The number of benzene rings is 1. The number of rotatable bonds is 3. The predicted octanol–water partition coefficient (Wildman–Crippen LogP) is 7.13. The van der Waals surface area contributed by atoms with Crippen LogP contribution < -0.4 is 0 Å². The molecule has 25 heavy (non-hydrogen) atoms. The third-order valence-electron chi connectivity index (χ3n) is 6.17. The first-order chi connectivity index (χ1) is 11.9. The molecule has 0 N–H and O–H groups in total. The molecule has 138 valence electrons. The van der Waals surface area contributed by atoms with E-state index in [0.29, 0.717) is 11.5 Å². The van der Waals surface area contributed by atoms with Gasteiger partial charge in [-0.25, -0.2) is 4.39 Å². The Hall–Kier alpha value is -1.06. The van der Waals surface area contributed by atoms with Gasteiger partial charge in [0.2, 0.25) is 0 Å². The van der Waals surface area contributed by atoms with Gasteiger partial charge in [-0.3, -0.25) is 0 Å². The van der Waals surface area contributed by atoms with Gasteiger partial charge in [0.25, 0.3) is 0 Å². The lowest BCUT2D eigenvalue weighted by molar-refractivity contribution is -0.140. The quantitative estimate of drug-likeness (QED) is 0.506. The van der Waals surface area contributed by atoms with Crippen LogP contribution in [0.1, 0.15) is 75.8 Å². The third-order valence-corrected chi connectivity index (χ3v) is 6.17. The fourth-order valence-corrected chi connectivity index (χ4v) is 4.49. The molecule has 2 saturated carbocycles. The van der Waals surface area contributed by atoms with Crippen LogP contribution in [0.15, 0.2) is 18.2 Å². The van der Waals surface area contributed by atoms with E-state index in [2.05, 4.69) is 6.92 Å². The molecule has 3 rings (SSSR count). The minimum Gasteiger partial charge on any atom is -0.206 e. The van der Waals surface area contributed by atoms with E-state index >= 15 is 0 Å². The molecule has 2 aliphatic carbocycles. The van der Waals surface area contributed by atoms with Crippen molar-refractivity contribution in [2.75, 3.05) is 0 Å². The molecule has 0 unspecified atom stereocenters. The summed E-state index contributed by atoms with van der Waals surface area (Å²) in [6.07, 6.45) is 5.61. The summed E-state index contributed by atoms with van der Waals surface area (Å²) in [5.74, 6) is 3.17. The van der Waals surface area contributed by atoms with Gasteiger partial charge in [-0.2, -0.15) is 13.2 Å². The Balaban J connectivity index is 1.57. The van der Waals surface area contributed by atoms with Crippen LogP contribution in [-0.4, -0.2) is 0 Å². The molecule has 0 spiro atoms. The first-order valence-corrected chi connectivity index (χ1v) is 9.45. The molecule has 0 heterocycles. The second-order valence-corrected chi connectivity index (χ2v) is 7.58. The van der Waals surface area contributed by atoms with E-state index < -0.39 is 17.6 Å². The SMILES string of the molecule is CCC1CC[C](C2CC[C](c3ccc(C(F)(F)F)c(F)c3)CC2)CC1. The van der Waals surface area contributed by atoms with Crippen LogP contribution in [0, 0.1) is 29.5 Å². The van der Waals surface area contributed by atoms with Gasteiger partial charge in [0.05, 0.1) is 5.56 Å². The molecule has 0 atom stereocenters. The molecule has 4 heteroatoms. The largest absolute Gasteiger partial charge is 0.419 e. The molecule has 1 aromatic rings. The highest BCUT2D eigenvalue weighted by Gasteiger charge is 2.35. The monoisotopic (exact) mass is 354 g/mol. The molecule has 0 saturated heterocycles. The van der Waals surface area contributed by atoms with Crippen LogP contribution in [0.3, 0.4) is 0 Å². The molecule has 2 radical (unpaired) electrons. The van der Waals surface area contributed by atoms with Crippen LogP contribution in [-0.2, 0) is 6.18 Å². The summed E-state index contributed by atoms with van der Waals surface area (Å²) in [5, 5.41) is 0. The van der Waals surface area contributed by atoms with E-state index in [1.54, 1.807) is 5.92 Å². The van der Waals surface area contributed by atoms with Crippen molar-refractivity contribution >= 4 is 0 Å². The maximum Gasteiger partial charge on any atom is 0.419 e.